The largest absolute Gasteiger partial charge is 0.338 e. The van der Waals surface area contributed by atoms with E-state index in [1.165, 1.54) is 4.88 Å². The van der Waals surface area contributed by atoms with Gasteiger partial charge in [-0.05, 0) is 12.1 Å². The van der Waals surface area contributed by atoms with Gasteiger partial charge in [0.05, 0.1) is 17.4 Å². The van der Waals surface area contributed by atoms with Gasteiger partial charge in [0.1, 0.15) is 0 Å². The highest BCUT2D eigenvalue weighted by molar-refractivity contribution is 7.16. The molecule has 0 saturated heterocycles. The van der Waals surface area contributed by atoms with Crippen molar-refractivity contribution in [3.8, 4) is 0 Å². The highest BCUT2D eigenvalue weighted by Crippen LogP contribution is 2.23. The van der Waals surface area contributed by atoms with Crippen LogP contribution in [-0.2, 0) is 19.6 Å². The Bertz CT molecular complexity index is 539. The molecule has 19 heavy (non-hydrogen) atoms. The van der Waals surface area contributed by atoms with Crippen molar-refractivity contribution < 1.29 is 4.52 Å². The van der Waals surface area contributed by atoms with Crippen LogP contribution in [0.15, 0.2) is 29.3 Å². The number of nitrogens with two attached hydrogens (primary N) is 1. The standard InChI is InChI=1S/C12H15ClN4OS/c1-2-5-17(7-9-3-4-10(13)19-9)8-11-15-12(6-14)18-16-11/h2-4H,1,5-8,14H2. The molecule has 2 rings (SSSR count). The molecule has 0 saturated carbocycles. The Morgan fingerprint density at radius 1 is 1.47 bits per heavy atom. The summed E-state index contributed by atoms with van der Waals surface area (Å²) < 4.78 is 5.78. The molecular weight excluding hydrogens is 284 g/mol. The third-order valence-electron chi connectivity index (χ3n) is 2.45. The van der Waals surface area contributed by atoms with E-state index in [4.69, 9.17) is 21.9 Å². The number of hydrogen-bond donors (Lipinski definition) is 1. The van der Waals surface area contributed by atoms with Crippen LogP contribution in [0.4, 0.5) is 0 Å². The summed E-state index contributed by atoms with van der Waals surface area (Å²) in [4.78, 5) is 7.54. The molecule has 0 aliphatic rings. The zero-order valence-corrected chi connectivity index (χ0v) is 12.0. The van der Waals surface area contributed by atoms with Gasteiger partial charge in [-0.3, -0.25) is 4.90 Å². The van der Waals surface area contributed by atoms with Crippen molar-refractivity contribution >= 4 is 22.9 Å². The smallest absolute Gasteiger partial charge is 0.240 e. The Hall–Kier alpha value is -1.21. The van der Waals surface area contributed by atoms with Gasteiger partial charge in [-0.2, -0.15) is 4.98 Å². The van der Waals surface area contributed by atoms with Crippen LogP contribution in [0.3, 0.4) is 0 Å². The van der Waals surface area contributed by atoms with Crippen LogP contribution in [-0.4, -0.2) is 21.6 Å². The van der Waals surface area contributed by atoms with Crippen molar-refractivity contribution in [1.29, 1.82) is 0 Å². The molecule has 0 unspecified atom stereocenters. The molecule has 2 aromatic heterocycles. The third-order valence-corrected chi connectivity index (χ3v) is 3.66. The van der Waals surface area contributed by atoms with E-state index < -0.39 is 0 Å². The fraction of sp³-hybridized carbons (Fsp3) is 0.333. The second-order valence-corrected chi connectivity index (χ2v) is 5.77. The zero-order valence-electron chi connectivity index (χ0n) is 10.4. The lowest BCUT2D eigenvalue weighted by Crippen LogP contribution is -2.23. The number of nitrogens with zero attached hydrogens (tertiary/aromatic N) is 3. The molecule has 2 aromatic rings. The first-order valence-electron chi connectivity index (χ1n) is 5.80. The summed E-state index contributed by atoms with van der Waals surface area (Å²) in [5.74, 6) is 1.08. The molecule has 0 bridgehead atoms. The lowest BCUT2D eigenvalue weighted by atomic mass is 10.4. The molecule has 0 radical (unpaired) electrons. The van der Waals surface area contributed by atoms with Crippen LogP contribution in [0.5, 0.6) is 0 Å². The highest BCUT2D eigenvalue weighted by atomic mass is 35.5. The summed E-state index contributed by atoms with van der Waals surface area (Å²) in [5.41, 5.74) is 5.44. The number of aromatic nitrogens is 2. The Morgan fingerprint density at radius 2 is 2.32 bits per heavy atom. The summed E-state index contributed by atoms with van der Waals surface area (Å²) >= 11 is 7.50. The minimum atomic E-state index is 0.259. The van der Waals surface area contributed by atoms with E-state index in [0.717, 1.165) is 17.4 Å². The van der Waals surface area contributed by atoms with E-state index >= 15 is 0 Å². The first-order valence-corrected chi connectivity index (χ1v) is 6.99. The highest BCUT2D eigenvalue weighted by Gasteiger charge is 2.11. The van der Waals surface area contributed by atoms with E-state index in [0.29, 0.717) is 18.3 Å². The van der Waals surface area contributed by atoms with Gasteiger partial charge in [0, 0.05) is 18.0 Å². The summed E-state index contributed by atoms with van der Waals surface area (Å²) in [6.07, 6.45) is 1.85. The molecule has 2 heterocycles. The van der Waals surface area contributed by atoms with E-state index in [2.05, 4.69) is 21.6 Å². The summed E-state index contributed by atoms with van der Waals surface area (Å²) in [6, 6.07) is 3.92. The van der Waals surface area contributed by atoms with Gasteiger partial charge < -0.3 is 10.3 Å². The molecule has 0 aliphatic heterocycles. The van der Waals surface area contributed by atoms with E-state index in [-0.39, 0.29) is 6.54 Å². The second-order valence-electron chi connectivity index (χ2n) is 3.97. The first kappa shape index (κ1) is 14.2. The number of thiophene rings is 1. The molecule has 2 N–H and O–H groups in total. The van der Waals surface area contributed by atoms with Crippen LogP contribution in [0.25, 0.3) is 0 Å². The maximum absolute atomic E-state index is 5.93. The lowest BCUT2D eigenvalue weighted by molar-refractivity contribution is 0.274. The van der Waals surface area contributed by atoms with Crippen molar-refractivity contribution in [2.75, 3.05) is 6.54 Å². The monoisotopic (exact) mass is 298 g/mol. The van der Waals surface area contributed by atoms with Crippen molar-refractivity contribution in [2.24, 2.45) is 5.73 Å². The average molecular weight is 299 g/mol. The minimum Gasteiger partial charge on any atom is -0.338 e. The first-order chi connectivity index (χ1) is 9.21. The van der Waals surface area contributed by atoms with Crippen LogP contribution < -0.4 is 5.73 Å². The quantitative estimate of drug-likeness (QED) is 0.795. The van der Waals surface area contributed by atoms with Crippen molar-refractivity contribution in [2.45, 2.75) is 19.6 Å². The SMILES string of the molecule is C=CCN(Cc1noc(CN)n1)Cc1ccc(Cl)s1. The predicted molar refractivity (Wildman–Crippen MR) is 75.8 cm³/mol. The Balaban J connectivity index is 2.00. The Morgan fingerprint density at radius 3 is 2.89 bits per heavy atom. The Kier molecular flexibility index (Phi) is 5.09. The predicted octanol–water partition coefficient (Wildman–Crippen LogP) is 2.43. The zero-order chi connectivity index (χ0) is 13.7. The van der Waals surface area contributed by atoms with Crippen molar-refractivity contribution in [3.63, 3.8) is 0 Å². The molecule has 0 spiro atoms. The van der Waals surface area contributed by atoms with Gasteiger partial charge in [-0.1, -0.05) is 22.8 Å². The fourth-order valence-corrected chi connectivity index (χ4v) is 2.79. The van der Waals surface area contributed by atoms with E-state index in [1.807, 2.05) is 18.2 Å². The normalized spacial score (nSPS) is 11.1. The maximum atomic E-state index is 5.93. The van der Waals surface area contributed by atoms with Gasteiger partial charge in [-0.15, -0.1) is 17.9 Å². The van der Waals surface area contributed by atoms with Gasteiger partial charge in [-0.25, -0.2) is 0 Å². The molecule has 0 amide bonds. The molecule has 0 atom stereocenters. The minimum absolute atomic E-state index is 0.259. The van der Waals surface area contributed by atoms with Gasteiger partial charge in [0.25, 0.3) is 0 Å². The molecule has 0 aromatic carbocycles. The maximum Gasteiger partial charge on any atom is 0.240 e. The van der Waals surface area contributed by atoms with Crippen LogP contribution >= 0.6 is 22.9 Å². The van der Waals surface area contributed by atoms with Gasteiger partial charge in [0.2, 0.25) is 5.89 Å². The summed E-state index contributed by atoms with van der Waals surface area (Å²) in [6.45, 7) is 6.12. The third kappa shape index (κ3) is 4.14. The molecule has 102 valence electrons. The van der Waals surface area contributed by atoms with Crippen molar-refractivity contribution in [1.82, 2.24) is 15.0 Å². The Labute approximate surface area is 120 Å². The molecule has 7 heteroatoms. The topological polar surface area (TPSA) is 68.2 Å². The summed E-state index contributed by atoms with van der Waals surface area (Å²) in [7, 11) is 0. The number of hydrogen-bond acceptors (Lipinski definition) is 6. The van der Waals surface area contributed by atoms with Crippen LogP contribution in [0.2, 0.25) is 4.34 Å². The fourth-order valence-electron chi connectivity index (χ4n) is 1.66. The molecule has 0 aliphatic carbocycles. The van der Waals surface area contributed by atoms with Gasteiger partial charge >= 0.3 is 0 Å². The molecular formula is C12H15ClN4OS. The second kappa shape index (κ2) is 6.81. The lowest BCUT2D eigenvalue weighted by Gasteiger charge is -2.17. The molecule has 0 fully saturated rings. The van der Waals surface area contributed by atoms with Crippen LogP contribution in [0, 0.1) is 0 Å². The average Bonchev–Trinajstić information content (AvgIpc) is 2.99. The van der Waals surface area contributed by atoms with E-state index in [9.17, 15) is 0 Å². The number of halogens is 1. The number of rotatable bonds is 7. The molecule has 5 nitrogen and oxygen atoms in total. The summed E-state index contributed by atoms with van der Waals surface area (Å²) in [5, 5.41) is 3.89. The van der Waals surface area contributed by atoms with Crippen molar-refractivity contribution in [3.05, 3.63) is 45.7 Å². The van der Waals surface area contributed by atoms with Crippen LogP contribution in [0.1, 0.15) is 16.6 Å². The van der Waals surface area contributed by atoms with E-state index in [1.54, 1.807) is 11.3 Å². The van der Waals surface area contributed by atoms with Gasteiger partial charge in [0.15, 0.2) is 5.82 Å².